The van der Waals surface area contributed by atoms with Crippen molar-refractivity contribution in [2.24, 2.45) is 5.73 Å². The van der Waals surface area contributed by atoms with E-state index in [1.54, 1.807) is 39.8 Å². The van der Waals surface area contributed by atoms with E-state index < -0.39 is 26.5 Å². The molecule has 0 aromatic heterocycles. The minimum Gasteiger partial charge on any atom is -0.350 e. The molecule has 1 amide bonds. The van der Waals surface area contributed by atoms with Crippen LogP contribution in [0.25, 0.3) is 0 Å². The van der Waals surface area contributed by atoms with Gasteiger partial charge in [0.1, 0.15) is 0 Å². The lowest BCUT2D eigenvalue weighted by Gasteiger charge is -2.19. The standard InChI is InChI=1S/C14H22N2O3S.ClH/c1-10(2)20(18,19)12-8-6-5-7-11(12)13(17)16-9-14(3,4)15;/h5-8,10H,9,15H2,1-4H3,(H,16,17);1H. The van der Waals surface area contributed by atoms with E-state index in [-0.39, 0.29) is 29.4 Å². The van der Waals surface area contributed by atoms with Gasteiger partial charge >= 0.3 is 0 Å². The second kappa shape index (κ2) is 7.24. The molecule has 1 aromatic rings. The van der Waals surface area contributed by atoms with Crippen molar-refractivity contribution in [3.63, 3.8) is 0 Å². The summed E-state index contributed by atoms with van der Waals surface area (Å²) in [6.45, 7) is 7.01. The van der Waals surface area contributed by atoms with E-state index in [1.165, 1.54) is 12.1 Å². The molecular formula is C14H23ClN2O3S. The summed E-state index contributed by atoms with van der Waals surface area (Å²) < 4.78 is 24.5. The Kier molecular flexibility index (Phi) is 6.86. The van der Waals surface area contributed by atoms with E-state index in [1.807, 2.05) is 0 Å². The van der Waals surface area contributed by atoms with Crippen LogP contribution in [0.1, 0.15) is 38.1 Å². The van der Waals surface area contributed by atoms with Crippen molar-refractivity contribution < 1.29 is 13.2 Å². The van der Waals surface area contributed by atoms with E-state index in [0.29, 0.717) is 0 Å². The highest BCUT2D eigenvalue weighted by molar-refractivity contribution is 7.92. The molecule has 0 radical (unpaired) electrons. The molecule has 0 atom stereocenters. The Morgan fingerprint density at radius 3 is 2.29 bits per heavy atom. The predicted octanol–water partition coefficient (Wildman–Crippen LogP) is 1.76. The normalized spacial score (nSPS) is 11.9. The summed E-state index contributed by atoms with van der Waals surface area (Å²) >= 11 is 0. The van der Waals surface area contributed by atoms with Gasteiger partial charge in [0.05, 0.1) is 15.7 Å². The van der Waals surface area contributed by atoms with Crippen LogP contribution in [-0.4, -0.2) is 31.7 Å². The summed E-state index contributed by atoms with van der Waals surface area (Å²) in [4.78, 5) is 12.2. The van der Waals surface area contributed by atoms with Crippen molar-refractivity contribution in [3.05, 3.63) is 29.8 Å². The topological polar surface area (TPSA) is 89.3 Å². The van der Waals surface area contributed by atoms with E-state index in [0.717, 1.165) is 0 Å². The number of nitrogens with two attached hydrogens (primary N) is 1. The molecule has 5 nitrogen and oxygen atoms in total. The summed E-state index contributed by atoms with van der Waals surface area (Å²) in [6, 6.07) is 6.21. The fourth-order valence-electron chi connectivity index (χ4n) is 1.56. The third-order valence-electron chi connectivity index (χ3n) is 2.76. The Morgan fingerprint density at radius 2 is 1.81 bits per heavy atom. The monoisotopic (exact) mass is 334 g/mol. The van der Waals surface area contributed by atoms with Gasteiger partial charge in [0, 0.05) is 12.1 Å². The van der Waals surface area contributed by atoms with Crippen molar-refractivity contribution >= 4 is 28.2 Å². The first-order valence-electron chi connectivity index (χ1n) is 6.46. The van der Waals surface area contributed by atoms with Crippen molar-refractivity contribution in [2.45, 2.75) is 43.4 Å². The minimum atomic E-state index is -3.50. The molecule has 0 aliphatic carbocycles. The van der Waals surface area contributed by atoms with Gasteiger partial charge in [-0.25, -0.2) is 8.42 Å². The van der Waals surface area contributed by atoms with Gasteiger partial charge in [-0.3, -0.25) is 4.79 Å². The van der Waals surface area contributed by atoms with Gasteiger partial charge in [-0.1, -0.05) is 12.1 Å². The van der Waals surface area contributed by atoms with Crippen LogP contribution in [-0.2, 0) is 9.84 Å². The maximum atomic E-state index is 12.3. The van der Waals surface area contributed by atoms with E-state index in [2.05, 4.69) is 5.32 Å². The lowest BCUT2D eigenvalue weighted by Crippen LogP contribution is -2.45. The van der Waals surface area contributed by atoms with Gasteiger partial charge in [-0.15, -0.1) is 12.4 Å². The zero-order chi connectivity index (χ0) is 15.6. The maximum absolute atomic E-state index is 12.3. The third kappa shape index (κ3) is 5.30. The van der Waals surface area contributed by atoms with Gasteiger partial charge in [0.25, 0.3) is 5.91 Å². The molecule has 0 fully saturated rings. The molecule has 1 aromatic carbocycles. The Bertz CT molecular complexity index is 592. The van der Waals surface area contributed by atoms with Crippen molar-refractivity contribution in [1.29, 1.82) is 0 Å². The van der Waals surface area contributed by atoms with Gasteiger partial charge in [0.15, 0.2) is 9.84 Å². The van der Waals surface area contributed by atoms with E-state index in [9.17, 15) is 13.2 Å². The summed E-state index contributed by atoms with van der Waals surface area (Å²) in [5.41, 5.74) is 5.40. The maximum Gasteiger partial charge on any atom is 0.252 e. The molecule has 1 rings (SSSR count). The Balaban J connectivity index is 0.00000400. The summed E-state index contributed by atoms with van der Waals surface area (Å²) in [5.74, 6) is -0.427. The van der Waals surface area contributed by atoms with Crippen molar-refractivity contribution in [3.8, 4) is 0 Å². The van der Waals surface area contributed by atoms with Gasteiger partial charge < -0.3 is 11.1 Å². The molecule has 0 saturated carbocycles. The average Bonchev–Trinajstić information content (AvgIpc) is 2.34. The molecule has 0 saturated heterocycles. The number of nitrogens with one attached hydrogen (secondary N) is 1. The Hall–Kier alpha value is -1.11. The number of hydrogen-bond donors (Lipinski definition) is 2. The summed E-state index contributed by atoms with van der Waals surface area (Å²) in [5, 5.41) is 2.08. The zero-order valence-electron chi connectivity index (χ0n) is 12.7. The number of carbonyl (C=O) groups is 1. The molecule has 0 spiro atoms. The van der Waals surface area contributed by atoms with Gasteiger partial charge in [-0.2, -0.15) is 0 Å². The van der Waals surface area contributed by atoms with Gasteiger partial charge in [0.2, 0.25) is 0 Å². The highest BCUT2D eigenvalue weighted by atomic mass is 35.5. The van der Waals surface area contributed by atoms with Crippen LogP contribution in [0, 0.1) is 0 Å². The number of sulfone groups is 1. The quantitative estimate of drug-likeness (QED) is 0.858. The van der Waals surface area contributed by atoms with Crippen LogP contribution in [0.2, 0.25) is 0 Å². The third-order valence-corrected chi connectivity index (χ3v) is 4.97. The lowest BCUT2D eigenvalue weighted by atomic mass is 10.1. The molecule has 0 unspecified atom stereocenters. The summed E-state index contributed by atoms with van der Waals surface area (Å²) in [7, 11) is -3.50. The average molecular weight is 335 g/mol. The molecule has 0 aliphatic heterocycles. The second-order valence-corrected chi connectivity index (χ2v) is 8.23. The van der Waals surface area contributed by atoms with Crippen molar-refractivity contribution in [1.82, 2.24) is 5.32 Å². The predicted molar refractivity (Wildman–Crippen MR) is 86.6 cm³/mol. The molecule has 7 heteroatoms. The van der Waals surface area contributed by atoms with E-state index >= 15 is 0 Å². The van der Waals surface area contributed by atoms with Crippen LogP contribution in [0.4, 0.5) is 0 Å². The first kappa shape index (κ1) is 19.9. The number of carbonyl (C=O) groups excluding carboxylic acids is 1. The van der Waals surface area contributed by atoms with Crippen LogP contribution in [0.3, 0.4) is 0 Å². The molecule has 0 aliphatic rings. The summed E-state index contributed by atoms with van der Waals surface area (Å²) in [6.07, 6.45) is 0. The minimum absolute atomic E-state index is 0. The zero-order valence-corrected chi connectivity index (χ0v) is 14.3. The Morgan fingerprint density at radius 1 is 1.29 bits per heavy atom. The molecule has 21 heavy (non-hydrogen) atoms. The second-order valence-electron chi connectivity index (χ2n) is 5.76. The highest BCUT2D eigenvalue weighted by Gasteiger charge is 2.25. The van der Waals surface area contributed by atoms with Crippen molar-refractivity contribution in [2.75, 3.05) is 6.54 Å². The number of hydrogen-bond acceptors (Lipinski definition) is 4. The molecule has 120 valence electrons. The molecule has 3 N–H and O–H groups in total. The van der Waals surface area contributed by atoms with E-state index in [4.69, 9.17) is 5.73 Å². The first-order valence-corrected chi connectivity index (χ1v) is 8.00. The molecular weight excluding hydrogens is 312 g/mol. The number of amides is 1. The van der Waals surface area contributed by atoms with Crippen LogP contribution in [0.5, 0.6) is 0 Å². The number of halogens is 1. The number of benzene rings is 1. The number of rotatable bonds is 5. The first-order chi connectivity index (χ1) is 9.05. The Labute approximate surface area is 132 Å². The largest absolute Gasteiger partial charge is 0.350 e. The fraction of sp³-hybridized carbons (Fsp3) is 0.500. The smallest absolute Gasteiger partial charge is 0.252 e. The van der Waals surface area contributed by atoms with Crippen LogP contribution >= 0.6 is 12.4 Å². The van der Waals surface area contributed by atoms with Crippen LogP contribution in [0.15, 0.2) is 29.2 Å². The van der Waals surface area contributed by atoms with Crippen LogP contribution < -0.4 is 11.1 Å². The highest BCUT2D eigenvalue weighted by Crippen LogP contribution is 2.20. The fourth-order valence-corrected chi connectivity index (χ4v) is 2.80. The molecule has 0 bridgehead atoms. The molecule has 0 heterocycles. The SMILES string of the molecule is CC(C)S(=O)(=O)c1ccccc1C(=O)NCC(C)(C)N.Cl. The van der Waals surface area contributed by atoms with Gasteiger partial charge in [-0.05, 0) is 39.8 Å². The lowest BCUT2D eigenvalue weighted by molar-refractivity contribution is 0.0942.